The van der Waals surface area contributed by atoms with Gasteiger partial charge in [-0.3, -0.25) is 0 Å². The van der Waals surface area contributed by atoms with E-state index in [0.717, 1.165) is 15.6 Å². The highest BCUT2D eigenvalue weighted by Crippen LogP contribution is 2.33. The lowest BCUT2D eigenvalue weighted by atomic mass is 10.0. The maximum Gasteiger partial charge on any atom is 0.0931 e. The first-order valence-electron chi connectivity index (χ1n) is 6.09. The second-order valence-corrected chi connectivity index (χ2v) is 6.77. The van der Waals surface area contributed by atoms with Crippen LogP contribution in [0.3, 0.4) is 0 Å². The number of rotatable bonds is 3. The van der Waals surface area contributed by atoms with Crippen LogP contribution in [0.2, 0.25) is 4.34 Å². The van der Waals surface area contributed by atoms with Crippen molar-refractivity contribution >= 4 is 45.3 Å². The van der Waals surface area contributed by atoms with Crippen molar-refractivity contribution < 1.29 is 0 Å². The summed E-state index contributed by atoms with van der Waals surface area (Å²) in [6, 6.07) is 18.8. The molecule has 19 heavy (non-hydrogen) atoms. The summed E-state index contributed by atoms with van der Waals surface area (Å²) >= 11 is 14.0. The fourth-order valence-electron chi connectivity index (χ4n) is 2.17. The first-order chi connectivity index (χ1) is 9.22. The van der Waals surface area contributed by atoms with Gasteiger partial charge in [-0.1, -0.05) is 54.1 Å². The van der Waals surface area contributed by atoms with Gasteiger partial charge in [0.15, 0.2) is 0 Å². The van der Waals surface area contributed by atoms with Gasteiger partial charge in [0, 0.05) is 4.88 Å². The molecular formula is C16H12Cl2S. The van der Waals surface area contributed by atoms with Crippen LogP contribution in [-0.4, -0.2) is 0 Å². The van der Waals surface area contributed by atoms with Gasteiger partial charge >= 0.3 is 0 Å². The Labute approximate surface area is 126 Å². The molecule has 0 radical (unpaired) electrons. The Hall–Kier alpha value is -1.02. The van der Waals surface area contributed by atoms with Gasteiger partial charge in [-0.05, 0) is 34.9 Å². The van der Waals surface area contributed by atoms with E-state index < -0.39 is 0 Å². The van der Waals surface area contributed by atoms with E-state index in [9.17, 15) is 0 Å². The SMILES string of the molecule is Clc1ccc(C(Cl)Cc2ccc3ccccc3c2)s1. The lowest BCUT2D eigenvalue weighted by Crippen LogP contribution is -1.93. The average molecular weight is 307 g/mol. The maximum absolute atomic E-state index is 6.46. The summed E-state index contributed by atoms with van der Waals surface area (Å²) < 4.78 is 0.791. The molecule has 0 nitrogen and oxygen atoms in total. The molecule has 0 aliphatic rings. The maximum atomic E-state index is 6.46. The molecule has 0 amide bonds. The van der Waals surface area contributed by atoms with Gasteiger partial charge in [0.05, 0.1) is 9.71 Å². The predicted molar refractivity (Wildman–Crippen MR) is 85.6 cm³/mol. The van der Waals surface area contributed by atoms with Crippen LogP contribution in [0.1, 0.15) is 15.8 Å². The van der Waals surface area contributed by atoms with Crippen molar-refractivity contribution in [2.24, 2.45) is 0 Å². The van der Waals surface area contributed by atoms with Crippen molar-refractivity contribution in [2.45, 2.75) is 11.8 Å². The molecule has 1 unspecified atom stereocenters. The van der Waals surface area contributed by atoms with E-state index in [-0.39, 0.29) is 5.38 Å². The van der Waals surface area contributed by atoms with E-state index >= 15 is 0 Å². The number of hydrogen-bond acceptors (Lipinski definition) is 1. The van der Waals surface area contributed by atoms with Gasteiger partial charge in [-0.15, -0.1) is 22.9 Å². The Kier molecular flexibility index (Phi) is 3.79. The zero-order valence-corrected chi connectivity index (χ0v) is 12.5. The lowest BCUT2D eigenvalue weighted by Gasteiger charge is -2.08. The molecule has 0 saturated heterocycles. The molecule has 0 aliphatic carbocycles. The molecule has 0 aliphatic heterocycles. The smallest absolute Gasteiger partial charge is 0.0931 e. The number of thiophene rings is 1. The van der Waals surface area contributed by atoms with Gasteiger partial charge in [-0.2, -0.15) is 0 Å². The number of hydrogen-bond donors (Lipinski definition) is 0. The summed E-state index contributed by atoms with van der Waals surface area (Å²) in [5.74, 6) is 0. The standard InChI is InChI=1S/C16H12Cl2S/c17-14(15-7-8-16(18)19-15)10-11-5-6-12-3-1-2-4-13(12)9-11/h1-9,14H,10H2. The van der Waals surface area contributed by atoms with Crippen LogP contribution in [0.15, 0.2) is 54.6 Å². The molecule has 3 heteroatoms. The summed E-state index contributed by atoms with van der Waals surface area (Å²) in [7, 11) is 0. The van der Waals surface area contributed by atoms with E-state index in [4.69, 9.17) is 23.2 Å². The molecule has 1 heterocycles. The minimum Gasteiger partial charge on any atom is -0.127 e. The molecular weight excluding hydrogens is 295 g/mol. The second-order valence-electron chi connectivity index (χ2n) is 4.50. The number of alkyl halides is 1. The minimum atomic E-state index is -0.0151. The topological polar surface area (TPSA) is 0 Å². The molecule has 3 rings (SSSR count). The van der Waals surface area contributed by atoms with Crippen molar-refractivity contribution in [1.29, 1.82) is 0 Å². The molecule has 1 atom stereocenters. The van der Waals surface area contributed by atoms with Crippen LogP contribution >= 0.6 is 34.5 Å². The third-order valence-corrected chi connectivity index (χ3v) is 5.00. The van der Waals surface area contributed by atoms with Crippen LogP contribution in [-0.2, 0) is 6.42 Å². The number of benzene rings is 2. The molecule has 0 bridgehead atoms. The van der Waals surface area contributed by atoms with Gasteiger partial charge in [-0.25, -0.2) is 0 Å². The molecule has 0 N–H and O–H groups in total. The second kappa shape index (κ2) is 5.54. The van der Waals surface area contributed by atoms with Crippen LogP contribution in [0.25, 0.3) is 10.8 Å². The third-order valence-electron chi connectivity index (χ3n) is 3.13. The van der Waals surface area contributed by atoms with E-state index in [1.54, 1.807) is 11.3 Å². The Balaban J connectivity index is 1.84. The molecule has 96 valence electrons. The van der Waals surface area contributed by atoms with Crippen LogP contribution in [0.5, 0.6) is 0 Å². The van der Waals surface area contributed by atoms with Crippen molar-refractivity contribution in [3.8, 4) is 0 Å². The van der Waals surface area contributed by atoms with Crippen molar-refractivity contribution in [1.82, 2.24) is 0 Å². The molecule has 3 aromatic rings. The van der Waals surface area contributed by atoms with Crippen molar-refractivity contribution in [3.05, 3.63) is 69.4 Å². The summed E-state index contributed by atoms with van der Waals surface area (Å²) in [6.07, 6.45) is 0.823. The van der Waals surface area contributed by atoms with Gasteiger partial charge in [0.2, 0.25) is 0 Å². The third kappa shape index (κ3) is 2.94. The van der Waals surface area contributed by atoms with Gasteiger partial charge in [0.25, 0.3) is 0 Å². The summed E-state index contributed by atoms with van der Waals surface area (Å²) in [5, 5.41) is 2.50. The molecule has 0 saturated carbocycles. The molecule has 0 fully saturated rings. The number of halogens is 2. The fourth-order valence-corrected chi connectivity index (χ4v) is 3.59. The monoisotopic (exact) mass is 306 g/mol. The highest BCUT2D eigenvalue weighted by Gasteiger charge is 2.11. The summed E-state index contributed by atoms with van der Waals surface area (Å²) in [6.45, 7) is 0. The highest BCUT2D eigenvalue weighted by atomic mass is 35.5. The van der Waals surface area contributed by atoms with Crippen LogP contribution in [0.4, 0.5) is 0 Å². The zero-order valence-electron chi connectivity index (χ0n) is 10.1. The molecule has 2 aromatic carbocycles. The zero-order chi connectivity index (χ0) is 13.2. The van der Waals surface area contributed by atoms with Gasteiger partial charge < -0.3 is 0 Å². The van der Waals surface area contributed by atoms with Crippen LogP contribution < -0.4 is 0 Å². The lowest BCUT2D eigenvalue weighted by molar-refractivity contribution is 0.942. The predicted octanol–water partition coefficient (Wildman–Crippen LogP) is 6.08. The minimum absolute atomic E-state index is 0.0151. The normalized spacial score (nSPS) is 12.7. The Morgan fingerprint density at radius 3 is 2.47 bits per heavy atom. The van der Waals surface area contributed by atoms with Crippen molar-refractivity contribution in [2.75, 3.05) is 0 Å². The first-order valence-corrected chi connectivity index (χ1v) is 7.72. The number of fused-ring (bicyclic) bond motifs is 1. The quantitative estimate of drug-likeness (QED) is 0.515. The largest absolute Gasteiger partial charge is 0.127 e. The Bertz CT molecular complexity index is 703. The fraction of sp³-hybridized carbons (Fsp3) is 0.125. The van der Waals surface area contributed by atoms with Crippen molar-refractivity contribution in [3.63, 3.8) is 0 Å². The average Bonchev–Trinajstić information content (AvgIpc) is 2.85. The van der Waals surface area contributed by atoms with E-state index in [1.165, 1.54) is 16.3 Å². The van der Waals surface area contributed by atoms with Gasteiger partial charge in [0.1, 0.15) is 0 Å². The highest BCUT2D eigenvalue weighted by molar-refractivity contribution is 7.16. The first kappa shape index (κ1) is 13.0. The summed E-state index contributed by atoms with van der Waals surface area (Å²) in [5.41, 5.74) is 1.25. The van der Waals surface area contributed by atoms with E-state index in [1.807, 2.05) is 12.1 Å². The van der Waals surface area contributed by atoms with Crippen LogP contribution in [0, 0.1) is 0 Å². The van der Waals surface area contributed by atoms with E-state index in [2.05, 4.69) is 42.5 Å². The molecule has 0 spiro atoms. The Morgan fingerprint density at radius 1 is 0.947 bits per heavy atom. The van der Waals surface area contributed by atoms with E-state index in [0.29, 0.717) is 0 Å². The Morgan fingerprint density at radius 2 is 1.74 bits per heavy atom. The summed E-state index contributed by atoms with van der Waals surface area (Å²) in [4.78, 5) is 1.12. The molecule has 1 aromatic heterocycles.